The zero-order valence-electron chi connectivity index (χ0n) is 17.0. The van der Waals surface area contributed by atoms with Crippen LogP contribution in [0.25, 0.3) is 0 Å². The smallest absolute Gasteiger partial charge is 0.410 e. The first-order valence-electron chi connectivity index (χ1n) is 10.1. The first-order chi connectivity index (χ1) is 13.3. The number of nitrogens with zero attached hydrogens (tertiary/aromatic N) is 1. The summed E-state index contributed by atoms with van der Waals surface area (Å²) in [7, 11) is 0. The number of hydrogen-bond acceptors (Lipinski definition) is 4. The Morgan fingerprint density at radius 1 is 1.25 bits per heavy atom. The number of amides is 1. The van der Waals surface area contributed by atoms with Crippen molar-refractivity contribution < 1.29 is 19.1 Å². The zero-order chi connectivity index (χ0) is 20.1. The number of hydrogen-bond donors (Lipinski definition) is 1. The fourth-order valence-electron chi connectivity index (χ4n) is 4.03. The summed E-state index contributed by atoms with van der Waals surface area (Å²) < 4.78 is 11.0. The molecule has 0 aliphatic carbocycles. The summed E-state index contributed by atoms with van der Waals surface area (Å²) in [6, 6.07) is 11.6. The maximum absolute atomic E-state index is 13.2. The minimum absolute atomic E-state index is 0.0170. The molecule has 0 unspecified atom stereocenters. The molecule has 1 amide bonds. The van der Waals surface area contributed by atoms with Crippen LogP contribution in [0.5, 0.6) is 0 Å². The van der Waals surface area contributed by atoms with Gasteiger partial charge in [0.15, 0.2) is 0 Å². The largest absolute Gasteiger partial charge is 0.472 e. The van der Waals surface area contributed by atoms with Gasteiger partial charge in [0, 0.05) is 11.6 Å². The number of aliphatic hydroxyl groups is 1. The van der Waals surface area contributed by atoms with Crippen molar-refractivity contribution in [3.05, 3.63) is 60.1 Å². The second-order valence-corrected chi connectivity index (χ2v) is 8.49. The topological polar surface area (TPSA) is 62.9 Å². The molecule has 1 aromatic carbocycles. The SMILES string of the molecule is C[C@@H]1CC[C@@H](c2ccoc2)N(C(=O)OCc2ccccc2)[C@H]1CCC(C)(C)O. The summed E-state index contributed by atoms with van der Waals surface area (Å²) in [6.45, 7) is 6.05. The van der Waals surface area contributed by atoms with Crippen LogP contribution in [0.3, 0.4) is 0 Å². The Morgan fingerprint density at radius 3 is 2.64 bits per heavy atom. The van der Waals surface area contributed by atoms with E-state index in [-0.39, 0.29) is 24.8 Å². The Hall–Kier alpha value is -2.27. The molecule has 1 aliphatic rings. The van der Waals surface area contributed by atoms with Crippen LogP contribution in [0.4, 0.5) is 4.79 Å². The van der Waals surface area contributed by atoms with Gasteiger partial charge in [-0.1, -0.05) is 37.3 Å². The van der Waals surface area contributed by atoms with E-state index in [4.69, 9.17) is 9.15 Å². The van der Waals surface area contributed by atoms with Gasteiger partial charge in [0.2, 0.25) is 0 Å². The highest BCUT2D eigenvalue weighted by molar-refractivity contribution is 5.69. The minimum atomic E-state index is -0.762. The molecule has 1 aliphatic heterocycles. The molecule has 0 bridgehead atoms. The van der Waals surface area contributed by atoms with E-state index in [2.05, 4.69) is 6.92 Å². The van der Waals surface area contributed by atoms with E-state index < -0.39 is 5.60 Å². The van der Waals surface area contributed by atoms with Gasteiger partial charge in [0.1, 0.15) is 6.61 Å². The number of benzene rings is 1. The minimum Gasteiger partial charge on any atom is -0.472 e. The van der Waals surface area contributed by atoms with Gasteiger partial charge in [-0.3, -0.25) is 4.90 Å². The van der Waals surface area contributed by atoms with Crippen molar-refractivity contribution in [3.63, 3.8) is 0 Å². The molecule has 3 rings (SSSR count). The molecular formula is C23H31NO4. The van der Waals surface area contributed by atoms with E-state index in [9.17, 15) is 9.90 Å². The molecule has 3 atom stereocenters. The van der Waals surface area contributed by atoms with Crippen LogP contribution in [-0.4, -0.2) is 27.7 Å². The van der Waals surface area contributed by atoms with Crippen molar-refractivity contribution in [2.45, 2.75) is 70.7 Å². The fourth-order valence-corrected chi connectivity index (χ4v) is 4.03. The lowest BCUT2D eigenvalue weighted by atomic mass is 9.81. The first kappa shape index (κ1) is 20.5. The molecule has 1 aromatic heterocycles. The number of ether oxygens (including phenoxy) is 1. The fraction of sp³-hybridized carbons (Fsp3) is 0.522. The maximum atomic E-state index is 13.2. The van der Waals surface area contributed by atoms with E-state index in [1.165, 1.54) is 0 Å². The number of likely N-dealkylation sites (tertiary alicyclic amines) is 1. The van der Waals surface area contributed by atoms with Crippen molar-refractivity contribution in [1.82, 2.24) is 4.90 Å². The normalized spacial score (nSPS) is 22.9. The molecule has 1 saturated heterocycles. The average molecular weight is 386 g/mol. The lowest BCUT2D eigenvalue weighted by Gasteiger charge is -2.45. The molecule has 28 heavy (non-hydrogen) atoms. The number of carbonyl (C=O) groups is 1. The van der Waals surface area contributed by atoms with Gasteiger partial charge in [-0.15, -0.1) is 0 Å². The highest BCUT2D eigenvalue weighted by Gasteiger charge is 2.40. The molecule has 0 radical (unpaired) electrons. The predicted octanol–water partition coefficient (Wildman–Crippen LogP) is 5.31. The van der Waals surface area contributed by atoms with Gasteiger partial charge >= 0.3 is 6.09 Å². The Morgan fingerprint density at radius 2 is 2.00 bits per heavy atom. The first-order valence-corrected chi connectivity index (χ1v) is 10.1. The van der Waals surface area contributed by atoms with Crippen molar-refractivity contribution >= 4 is 6.09 Å². The van der Waals surface area contributed by atoms with E-state index in [0.29, 0.717) is 12.3 Å². The Kier molecular flexibility index (Phi) is 6.45. The Bertz CT molecular complexity index is 736. The summed E-state index contributed by atoms with van der Waals surface area (Å²) in [5, 5.41) is 10.2. The second kappa shape index (κ2) is 8.82. The standard InChI is InChI=1S/C23H31NO4/c1-17-9-10-21(19-12-14-27-16-19)24(20(17)11-13-23(2,3)26)22(25)28-15-18-7-5-4-6-8-18/h4-8,12,14,16-17,20-21,26H,9-11,13,15H2,1-3H3/t17-,20+,21+/m1/s1. The summed E-state index contributed by atoms with van der Waals surface area (Å²) in [6.07, 6.45) is 6.32. The van der Waals surface area contributed by atoms with Gasteiger partial charge in [-0.2, -0.15) is 0 Å². The molecule has 0 saturated carbocycles. The highest BCUT2D eigenvalue weighted by Crippen LogP contribution is 2.40. The number of piperidine rings is 1. The molecule has 2 aromatic rings. The summed E-state index contributed by atoms with van der Waals surface area (Å²) in [5.74, 6) is 0.342. The van der Waals surface area contributed by atoms with Crippen LogP contribution < -0.4 is 0 Å². The van der Waals surface area contributed by atoms with Crippen LogP contribution >= 0.6 is 0 Å². The van der Waals surface area contributed by atoms with Crippen LogP contribution in [0.15, 0.2) is 53.3 Å². The molecule has 5 heteroatoms. The number of carbonyl (C=O) groups excluding carboxylic acids is 1. The molecule has 0 spiro atoms. The van der Waals surface area contributed by atoms with Crippen LogP contribution in [-0.2, 0) is 11.3 Å². The third-order valence-corrected chi connectivity index (χ3v) is 5.64. The molecule has 1 fully saturated rings. The van der Waals surface area contributed by atoms with E-state index >= 15 is 0 Å². The monoisotopic (exact) mass is 385 g/mol. The molecule has 1 N–H and O–H groups in total. The summed E-state index contributed by atoms with van der Waals surface area (Å²) in [4.78, 5) is 15.1. The zero-order valence-corrected chi connectivity index (χ0v) is 17.0. The average Bonchev–Trinajstić information content (AvgIpc) is 3.19. The van der Waals surface area contributed by atoms with Gasteiger partial charge in [-0.05, 0) is 57.1 Å². The highest BCUT2D eigenvalue weighted by atomic mass is 16.6. The lowest BCUT2D eigenvalue weighted by molar-refractivity contribution is 0.00320. The van der Waals surface area contributed by atoms with Gasteiger partial charge in [0.05, 0.1) is 24.2 Å². The molecule has 2 heterocycles. The third kappa shape index (κ3) is 5.16. The van der Waals surface area contributed by atoms with Crippen LogP contribution in [0.2, 0.25) is 0 Å². The lowest BCUT2D eigenvalue weighted by Crippen LogP contribution is -2.50. The Labute approximate surface area is 167 Å². The van der Waals surface area contributed by atoms with E-state index in [1.807, 2.05) is 55.1 Å². The second-order valence-electron chi connectivity index (χ2n) is 8.49. The van der Waals surface area contributed by atoms with Crippen LogP contribution in [0, 0.1) is 5.92 Å². The van der Waals surface area contributed by atoms with Crippen LogP contribution in [0.1, 0.15) is 63.6 Å². The number of rotatable bonds is 6. The van der Waals surface area contributed by atoms with Crippen molar-refractivity contribution in [3.8, 4) is 0 Å². The quantitative estimate of drug-likeness (QED) is 0.732. The Balaban J connectivity index is 1.80. The van der Waals surface area contributed by atoms with Gasteiger partial charge in [-0.25, -0.2) is 4.79 Å². The molecular weight excluding hydrogens is 354 g/mol. The van der Waals surface area contributed by atoms with Crippen molar-refractivity contribution in [2.75, 3.05) is 0 Å². The van der Waals surface area contributed by atoms with Crippen molar-refractivity contribution in [1.29, 1.82) is 0 Å². The molecule has 5 nitrogen and oxygen atoms in total. The summed E-state index contributed by atoms with van der Waals surface area (Å²) >= 11 is 0. The summed E-state index contributed by atoms with van der Waals surface area (Å²) in [5.41, 5.74) is 1.20. The van der Waals surface area contributed by atoms with E-state index in [0.717, 1.165) is 30.4 Å². The molecule has 152 valence electrons. The van der Waals surface area contributed by atoms with Gasteiger partial charge in [0.25, 0.3) is 0 Å². The van der Waals surface area contributed by atoms with Gasteiger partial charge < -0.3 is 14.3 Å². The van der Waals surface area contributed by atoms with E-state index in [1.54, 1.807) is 12.5 Å². The van der Waals surface area contributed by atoms with Crippen molar-refractivity contribution in [2.24, 2.45) is 5.92 Å². The maximum Gasteiger partial charge on any atom is 0.410 e. The number of furan rings is 1. The predicted molar refractivity (Wildman–Crippen MR) is 108 cm³/mol. The third-order valence-electron chi connectivity index (χ3n) is 5.64.